The molecule has 5 rings (SSSR count). The maximum atomic E-state index is 6.32. The number of anilines is 1. The molecule has 3 aliphatic rings. The molecule has 4 unspecified atom stereocenters. The van der Waals surface area contributed by atoms with Crippen LogP contribution < -0.4 is 5.73 Å². The Morgan fingerprint density at radius 3 is 2.48 bits per heavy atom. The highest BCUT2D eigenvalue weighted by Crippen LogP contribution is 2.73. The number of hydrogen-bond acceptors (Lipinski definition) is 3. The minimum absolute atomic E-state index is 0.655. The highest BCUT2D eigenvalue weighted by atomic mass is 15.3. The lowest BCUT2D eigenvalue weighted by atomic mass is 9.96. The van der Waals surface area contributed by atoms with Crippen LogP contribution in [0.3, 0.4) is 0 Å². The first-order valence-corrected chi connectivity index (χ1v) is 7.98. The molecule has 21 heavy (non-hydrogen) atoms. The quantitative estimate of drug-likeness (QED) is 0.920. The third kappa shape index (κ3) is 1.45. The number of nitrogens with two attached hydrogens (primary N) is 1. The molecule has 3 fully saturated rings. The van der Waals surface area contributed by atoms with Gasteiger partial charge in [-0.1, -0.05) is 0 Å². The van der Waals surface area contributed by atoms with Crippen LogP contribution in [0.25, 0.3) is 11.1 Å². The Balaban J connectivity index is 1.61. The molecule has 0 amide bonds. The molecule has 4 heteroatoms. The van der Waals surface area contributed by atoms with Crippen molar-refractivity contribution in [2.75, 3.05) is 5.73 Å². The van der Waals surface area contributed by atoms with E-state index in [0.717, 1.165) is 40.6 Å². The predicted octanol–water partition coefficient (Wildman–Crippen LogP) is 2.82. The summed E-state index contributed by atoms with van der Waals surface area (Å²) in [5.74, 6) is 5.13. The summed E-state index contributed by atoms with van der Waals surface area (Å²) in [6.07, 6.45) is 8.02. The van der Waals surface area contributed by atoms with Crippen LogP contribution in [0, 0.1) is 23.7 Å². The van der Waals surface area contributed by atoms with E-state index < -0.39 is 0 Å². The average molecular weight is 280 g/mol. The Kier molecular flexibility index (Phi) is 2.17. The van der Waals surface area contributed by atoms with Gasteiger partial charge in [-0.25, -0.2) is 0 Å². The predicted molar refractivity (Wildman–Crippen MR) is 81.4 cm³/mol. The van der Waals surface area contributed by atoms with Crippen LogP contribution in [0.1, 0.15) is 30.9 Å². The SMILES string of the molecule is Cn1nc(C2C3C4CCC(C4)C23)c(-c2ccncc2)c1N. The maximum Gasteiger partial charge on any atom is 0.129 e. The molecular weight excluding hydrogens is 260 g/mol. The zero-order valence-corrected chi connectivity index (χ0v) is 12.2. The molecule has 2 heterocycles. The monoisotopic (exact) mass is 280 g/mol. The van der Waals surface area contributed by atoms with Crippen LogP contribution in [0.4, 0.5) is 5.82 Å². The molecule has 0 spiro atoms. The van der Waals surface area contributed by atoms with Crippen LogP contribution in [-0.4, -0.2) is 14.8 Å². The first-order valence-electron chi connectivity index (χ1n) is 7.98. The molecule has 2 aromatic heterocycles. The number of aromatic nitrogens is 3. The van der Waals surface area contributed by atoms with E-state index in [4.69, 9.17) is 10.8 Å². The van der Waals surface area contributed by atoms with Crippen LogP contribution in [-0.2, 0) is 7.05 Å². The zero-order valence-electron chi connectivity index (χ0n) is 12.2. The van der Waals surface area contributed by atoms with Gasteiger partial charge in [0.25, 0.3) is 0 Å². The van der Waals surface area contributed by atoms with E-state index >= 15 is 0 Å². The lowest BCUT2D eigenvalue weighted by Gasteiger charge is -2.09. The van der Waals surface area contributed by atoms with Crippen molar-refractivity contribution in [3.63, 3.8) is 0 Å². The number of nitrogens with zero attached hydrogens (tertiary/aromatic N) is 3. The lowest BCUT2D eigenvalue weighted by Crippen LogP contribution is -2.00. The van der Waals surface area contributed by atoms with E-state index in [1.807, 2.05) is 36.3 Å². The van der Waals surface area contributed by atoms with Crippen molar-refractivity contribution < 1.29 is 0 Å². The van der Waals surface area contributed by atoms with Crippen molar-refractivity contribution >= 4 is 5.82 Å². The molecule has 2 aromatic rings. The number of hydrogen-bond donors (Lipinski definition) is 1. The number of rotatable bonds is 2. The van der Waals surface area contributed by atoms with Crippen molar-refractivity contribution in [1.29, 1.82) is 0 Å². The molecule has 4 nitrogen and oxygen atoms in total. The van der Waals surface area contributed by atoms with E-state index in [1.165, 1.54) is 25.0 Å². The fraction of sp³-hybridized carbons (Fsp3) is 0.529. The Morgan fingerprint density at radius 2 is 1.81 bits per heavy atom. The average Bonchev–Trinajstić information content (AvgIpc) is 2.79. The van der Waals surface area contributed by atoms with Gasteiger partial charge in [0, 0.05) is 30.9 Å². The normalized spacial score (nSPS) is 36.0. The summed E-state index contributed by atoms with van der Waals surface area (Å²) in [5, 5.41) is 4.80. The van der Waals surface area contributed by atoms with Crippen LogP contribution in [0.15, 0.2) is 24.5 Å². The Labute approximate surface area is 124 Å². The minimum atomic E-state index is 0.655. The number of fused-ring (bicyclic) bond motifs is 5. The second-order valence-corrected chi connectivity index (χ2v) is 7.02. The van der Waals surface area contributed by atoms with Gasteiger partial charge >= 0.3 is 0 Å². The van der Waals surface area contributed by atoms with Gasteiger partial charge < -0.3 is 5.73 Å². The van der Waals surface area contributed by atoms with Gasteiger partial charge in [-0.2, -0.15) is 5.10 Å². The summed E-state index contributed by atoms with van der Waals surface area (Å²) in [7, 11) is 1.95. The van der Waals surface area contributed by atoms with E-state index in [-0.39, 0.29) is 0 Å². The molecule has 108 valence electrons. The molecule has 2 bridgehead atoms. The first-order chi connectivity index (χ1) is 10.3. The molecule has 4 atom stereocenters. The third-order valence-electron chi connectivity index (χ3n) is 6.14. The van der Waals surface area contributed by atoms with Crippen molar-refractivity contribution in [3.05, 3.63) is 30.2 Å². The van der Waals surface area contributed by atoms with Crippen molar-refractivity contribution in [3.8, 4) is 11.1 Å². The van der Waals surface area contributed by atoms with Gasteiger partial charge in [-0.05, 0) is 60.6 Å². The smallest absolute Gasteiger partial charge is 0.129 e. The van der Waals surface area contributed by atoms with E-state index in [0.29, 0.717) is 5.92 Å². The number of pyridine rings is 1. The van der Waals surface area contributed by atoms with Gasteiger partial charge in [-0.15, -0.1) is 0 Å². The summed E-state index contributed by atoms with van der Waals surface area (Å²) in [4.78, 5) is 4.12. The molecule has 3 saturated carbocycles. The standard InChI is InChI=1S/C17H20N4/c1-21-17(18)14(9-4-6-19-7-5-9)16(20-21)15-12-10-2-3-11(8-10)13(12)15/h4-7,10-13,15H,2-3,8,18H2,1H3. The fourth-order valence-electron chi connectivity index (χ4n) is 5.30. The van der Waals surface area contributed by atoms with Gasteiger partial charge in [0.2, 0.25) is 0 Å². The maximum absolute atomic E-state index is 6.32. The Morgan fingerprint density at radius 1 is 1.14 bits per heavy atom. The van der Waals surface area contributed by atoms with E-state index in [9.17, 15) is 0 Å². The lowest BCUT2D eigenvalue weighted by molar-refractivity contribution is 0.456. The largest absolute Gasteiger partial charge is 0.383 e. The molecule has 3 aliphatic carbocycles. The van der Waals surface area contributed by atoms with Crippen LogP contribution in [0.2, 0.25) is 0 Å². The minimum Gasteiger partial charge on any atom is -0.383 e. The second-order valence-electron chi connectivity index (χ2n) is 7.02. The topological polar surface area (TPSA) is 56.7 Å². The summed E-state index contributed by atoms with van der Waals surface area (Å²) in [6, 6.07) is 4.09. The van der Waals surface area contributed by atoms with Crippen molar-refractivity contribution in [2.24, 2.45) is 30.7 Å². The first kappa shape index (κ1) is 11.8. The molecule has 0 aliphatic heterocycles. The number of nitrogen functional groups attached to an aromatic ring is 1. The summed E-state index contributed by atoms with van der Waals surface area (Å²) in [6.45, 7) is 0. The second kappa shape index (κ2) is 3.87. The van der Waals surface area contributed by atoms with Gasteiger partial charge in [0.05, 0.1) is 5.69 Å². The molecular formula is C17H20N4. The van der Waals surface area contributed by atoms with Crippen LogP contribution >= 0.6 is 0 Å². The summed E-state index contributed by atoms with van der Waals surface area (Å²) in [5.41, 5.74) is 9.87. The highest BCUT2D eigenvalue weighted by Gasteiger charge is 2.66. The molecule has 2 N–H and O–H groups in total. The van der Waals surface area contributed by atoms with Gasteiger partial charge in [-0.3, -0.25) is 9.67 Å². The summed E-state index contributed by atoms with van der Waals surface area (Å²) >= 11 is 0. The molecule has 0 aromatic carbocycles. The van der Waals surface area contributed by atoms with E-state index in [1.54, 1.807) is 0 Å². The fourth-order valence-corrected chi connectivity index (χ4v) is 5.30. The Hall–Kier alpha value is -1.84. The van der Waals surface area contributed by atoms with Crippen LogP contribution in [0.5, 0.6) is 0 Å². The van der Waals surface area contributed by atoms with Gasteiger partial charge in [0.1, 0.15) is 5.82 Å². The third-order valence-corrected chi connectivity index (χ3v) is 6.14. The van der Waals surface area contributed by atoms with Crippen molar-refractivity contribution in [1.82, 2.24) is 14.8 Å². The van der Waals surface area contributed by atoms with E-state index in [2.05, 4.69) is 4.98 Å². The summed E-state index contributed by atoms with van der Waals surface area (Å²) < 4.78 is 1.85. The molecule has 0 radical (unpaired) electrons. The highest BCUT2D eigenvalue weighted by molar-refractivity contribution is 5.77. The zero-order chi connectivity index (χ0) is 14.1. The van der Waals surface area contributed by atoms with Gasteiger partial charge in [0.15, 0.2) is 0 Å². The van der Waals surface area contributed by atoms with Crippen molar-refractivity contribution in [2.45, 2.75) is 25.2 Å². The Bertz CT molecular complexity index is 689. The molecule has 0 saturated heterocycles. The number of aryl methyl sites for hydroxylation is 1.